The molecule has 1 aromatic rings. The summed E-state index contributed by atoms with van der Waals surface area (Å²) in [5.74, 6) is 0. The Labute approximate surface area is 95.7 Å². The lowest BCUT2D eigenvalue weighted by molar-refractivity contribution is 0.475. The summed E-state index contributed by atoms with van der Waals surface area (Å²) in [6.07, 6.45) is 0. The Hall–Kier alpha value is -0.600. The molecular weight excluding hydrogens is 214 g/mol. The summed E-state index contributed by atoms with van der Waals surface area (Å²) in [4.78, 5) is 3.01. The molecule has 0 amide bonds. The van der Waals surface area contributed by atoms with Gasteiger partial charge in [0.15, 0.2) is 0 Å². The monoisotopic (exact) mass is 227 g/mol. The second kappa shape index (κ2) is 5.32. The molecule has 76 valence electrons. The van der Waals surface area contributed by atoms with E-state index in [9.17, 15) is 0 Å². The van der Waals surface area contributed by atoms with Crippen molar-refractivity contribution in [3.05, 3.63) is 34.9 Å². The van der Waals surface area contributed by atoms with E-state index < -0.39 is 0 Å². The lowest BCUT2D eigenvalue weighted by Gasteiger charge is -2.21. The average molecular weight is 228 g/mol. The molecule has 3 heteroatoms. The van der Waals surface area contributed by atoms with Crippen LogP contribution in [0.1, 0.15) is 19.4 Å². The normalized spacial score (nSPS) is 9.93. The smallest absolute Gasteiger partial charge is 0.109 e. The molecular formula is C11H14ClNS. The molecule has 0 aliphatic carbocycles. The van der Waals surface area contributed by atoms with Crippen LogP contribution < -0.4 is 0 Å². The summed E-state index contributed by atoms with van der Waals surface area (Å²) in [6, 6.07) is 7.68. The summed E-state index contributed by atoms with van der Waals surface area (Å²) >= 11 is 11.3. The van der Waals surface area contributed by atoms with Gasteiger partial charge < -0.3 is 4.90 Å². The number of nitrogens with zero attached hydrogens (tertiary/aromatic N) is 1. The molecule has 1 rings (SSSR count). The SMILES string of the molecule is CCN(CC)C(=S)c1cccc(Cl)c1. The van der Waals surface area contributed by atoms with Crippen LogP contribution in [-0.2, 0) is 0 Å². The first-order valence-corrected chi connectivity index (χ1v) is 5.52. The summed E-state index contributed by atoms with van der Waals surface area (Å²) in [7, 11) is 0. The van der Waals surface area contributed by atoms with Crippen LogP contribution in [0, 0.1) is 0 Å². The third-order valence-electron chi connectivity index (χ3n) is 2.12. The maximum atomic E-state index is 5.90. The fourth-order valence-electron chi connectivity index (χ4n) is 1.31. The van der Waals surface area contributed by atoms with Crippen molar-refractivity contribution in [2.45, 2.75) is 13.8 Å². The zero-order valence-electron chi connectivity index (χ0n) is 8.46. The van der Waals surface area contributed by atoms with Gasteiger partial charge in [-0.25, -0.2) is 0 Å². The predicted octanol–water partition coefficient (Wildman–Crippen LogP) is 3.36. The molecule has 0 radical (unpaired) electrons. The van der Waals surface area contributed by atoms with Gasteiger partial charge in [-0.3, -0.25) is 0 Å². The number of hydrogen-bond donors (Lipinski definition) is 0. The van der Waals surface area contributed by atoms with E-state index in [4.69, 9.17) is 23.8 Å². The standard InChI is InChI=1S/C11H14ClNS/c1-3-13(4-2)11(14)9-6-5-7-10(12)8-9/h5-8H,3-4H2,1-2H3. The van der Waals surface area contributed by atoms with Crippen molar-refractivity contribution in [2.75, 3.05) is 13.1 Å². The van der Waals surface area contributed by atoms with E-state index in [1.165, 1.54) is 0 Å². The Bertz CT molecular complexity index is 321. The van der Waals surface area contributed by atoms with Crippen LogP contribution in [-0.4, -0.2) is 23.0 Å². The predicted molar refractivity (Wildman–Crippen MR) is 66.1 cm³/mol. The van der Waals surface area contributed by atoms with Crippen molar-refractivity contribution in [2.24, 2.45) is 0 Å². The van der Waals surface area contributed by atoms with E-state index in [-0.39, 0.29) is 0 Å². The van der Waals surface area contributed by atoms with Crippen LogP contribution in [0.15, 0.2) is 24.3 Å². The molecule has 0 unspecified atom stereocenters. The second-order valence-corrected chi connectivity index (χ2v) is 3.81. The molecule has 0 aromatic heterocycles. The molecule has 0 fully saturated rings. The first kappa shape index (κ1) is 11.5. The van der Waals surface area contributed by atoms with Crippen LogP contribution in [0.25, 0.3) is 0 Å². The van der Waals surface area contributed by atoms with Gasteiger partial charge in [-0.1, -0.05) is 36.0 Å². The first-order valence-electron chi connectivity index (χ1n) is 4.73. The average Bonchev–Trinajstić information content (AvgIpc) is 2.19. The van der Waals surface area contributed by atoms with E-state index in [1.807, 2.05) is 24.3 Å². The molecule has 0 saturated carbocycles. The number of benzene rings is 1. The summed E-state index contributed by atoms with van der Waals surface area (Å²) in [5.41, 5.74) is 1.02. The van der Waals surface area contributed by atoms with E-state index >= 15 is 0 Å². The van der Waals surface area contributed by atoms with Crippen LogP contribution >= 0.6 is 23.8 Å². The van der Waals surface area contributed by atoms with Crippen molar-refractivity contribution in [3.63, 3.8) is 0 Å². The van der Waals surface area contributed by atoms with Gasteiger partial charge in [-0.15, -0.1) is 0 Å². The van der Waals surface area contributed by atoms with E-state index in [0.717, 1.165) is 28.7 Å². The molecule has 0 aliphatic rings. The van der Waals surface area contributed by atoms with Gasteiger partial charge >= 0.3 is 0 Å². The van der Waals surface area contributed by atoms with E-state index in [2.05, 4.69) is 18.7 Å². The first-order chi connectivity index (χ1) is 6.69. The minimum absolute atomic E-state index is 0.733. The highest BCUT2D eigenvalue weighted by Crippen LogP contribution is 2.13. The maximum absolute atomic E-state index is 5.90. The quantitative estimate of drug-likeness (QED) is 0.729. The highest BCUT2D eigenvalue weighted by Gasteiger charge is 2.07. The highest BCUT2D eigenvalue weighted by molar-refractivity contribution is 7.80. The van der Waals surface area contributed by atoms with Gasteiger partial charge in [0.25, 0.3) is 0 Å². The molecule has 0 aliphatic heterocycles. The van der Waals surface area contributed by atoms with Gasteiger partial charge in [0.05, 0.1) is 0 Å². The Morgan fingerprint density at radius 2 is 2.00 bits per heavy atom. The Kier molecular flexibility index (Phi) is 4.36. The fourth-order valence-corrected chi connectivity index (χ4v) is 1.89. The molecule has 0 atom stereocenters. The number of halogens is 1. The molecule has 0 saturated heterocycles. The van der Waals surface area contributed by atoms with E-state index in [1.54, 1.807) is 0 Å². The van der Waals surface area contributed by atoms with Crippen molar-refractivity contribution < 1.29 is 0 Å². The number of thiocarbonyl (C=S) groups is 1. The van der Waals surface area contributed by atoms with Gasteiger partial charge in [0.1, 0.15) is 4.99 Å². The molecule has 0 bridgehead atoms. The largest absolute Gasteiger partial charge is 0.363 e. The number of hydrogen-bond acceptors (Lipinski definition) is 1. The molecule has 1 aromatic carbocycles. The highest BCUT2D eigenvalue weighted by atomic mass is 35.5. The van der Waals surface area contributed by atoms with Gasteiger partial charge in [0, 0.05) is 23.7 Å². The molecule has 0 heterocycles. The van der Waals surface area contributed by atoms with Crippen molar-refractivity contribution in [3.8, 4) is 0 Å². The summed E-state index contributed by atoms with van der Waals surface area (Å²) < 4.78 is 0. The van der Waals surface area contributed by atoms with Gasteiger partial charge in [0.2, 0.25) is 0 Å². The van der Waals surface area contributed by atoms with Crippen LogP contribution in [0.2, 0.25) is 5.02 Å². The van der Waals surface area contributed by atoms with Crippen molar-refractivity contribution in [1.29, 1.82) is 0 Å². The second-order valence-electron chi connectivity index (χ2n) is 2.99. The van der Waals surface area contributed by atoms with Crippen LogP contribution in [0.5, 0.6) is 0 Å². The lowest BCUT2D eigenvalue weighted by atomic mass is 10.2. The molecule has 0 spiro atoms. The molecule has 0 N–H and O–H groups in total. The minimum atomic E-state index is 0.733. The van der Waals surface area contributed by atoms with Crippen molar-refractivity contribution >= 4 is 28.8 Å². The number of rotatable bonds is 3. The molecule has 1 nitrogen and oxygen atoms in total. The summed E-state index contributed by atoms with van der Waals surface area (Å²) in [6.45, 7) is 6.06. The lowest BCUT2D eigenvalue weighted by Crippen LogP contribution is -2.29. The third-order valence-corrected chi connectivity index (χ3v) is 2.85. The van der Waals surface area contributed by atoms with Crippen molar-refractivity contribution in [1.82, 2.24) is 4.90 Å². The Balaban J connectivity index is 2.88. The Morgan fingerprint density at radius 1 is 1.36 bits per heavy atom. The zero-order chi connectivity index (χ0) is 10.6. The zero-order valence-corrected chi connectivity index (χ0v) is 10.0. The third kappa shape index (κ3) is 2.69. The maximum Gasteiger partial charge on any atom is 0.109 e. The minimum Gasteiger partial charge on any atom is -0.363 e. The van der Waals surface area contributed by atoms with Crippen LogP contribution in [0.4, 0.5) is 0 Å². The summed E-state index contributed by atoms with van der Waals surface area (Å²) in [5, 5.41) is 0.733. The van der Waals surface area contributed by atoms with Crippen LogP contribution in [0.3, 0.4) is 0 Å². The van der Waals surface area contributed by atoms with Gasteiger partial charge in [-0.2, -0.15) is 0 Å². The van der Waals surface area contributed by atoms with Gasteiger partial charge in [-0.05, 0) is 26.0 Å². The fraction of sp³-hybridized carbons (Fsp3) is 0.364. The Morgan fingerprint density at radius 3 is 2.50 bits per heavy atom. The topological polar surface area (TPSA) is 3.24 Å². The van der Waals surface area contributed by atoms with E-state index in [0.29, 0.717) is 0 Å². The molecule has 14 heavy (non-hydrogen) atoms.